The zero-order valence-corrected chi connectivity index (χ0v) is 9.98. The number of ether oxygens (including phenoxy) is 1. The molecule has 0 atom stereocenters. The highest BCUT2D eigenvalue weighted by Gasteiger charge is 2.31. The van der Waals surface area contributed by atoms with Gasteiger partial charge in [0.15, 0.2) is 0 Å². The molecule has 0 radical (unpaired) electrons. The Morgan fingerprint density at radius 3 is 2.81 bits per heavy atom. The SMILES string of the molecule is CCn1cc(CC2(CN)CCOCC2)cn1. The summed E-state index contributed by atoms with van der Waals surface area (Å²) in [7, 11) is 0. The van der Waals surface area contributed by atoms with Crippen LogP contribution in [0.4, 0.5) is 0 Å². The summed E-state index contributed by atoms with van der Waals surface area (Å²) in [5.74, 6) is 0. The number of aryl methyl sites for hydroxylation is 1. The second-order valence-electron chi connectivity index (χ2n) is 4.70. The molecule has 0 spiro atoms. The molecular weight excluding hydrogens is 202 g/mol. The molecule has 4 heteroatoms. The summed E-state index contributed by atoms with van der Waals surface area (Å²) in [6.07, 6.45) is 7.28. The molecule has 2 heterocycles. The van der Waals surface area contributed by atoms with Gasteiger partial charge in [-0.15, -0.1) is 0 Å². The molecule has 0 unspecified atom stereocenters. The van der Waals surface area contributed by atoms with E-state index in [4.69, 9.17) is 10.5 Å². The predicted octanol–water partition coefficient (Wildman–Crippen LogP) is 1.20. The van der Waals surface area contributed by atoms with E-state index in [1.54, 1.807) is 0 Å². The lowest BCUT2D eigenvalue weighted by Gasteiger charge is -2.35. The molecule has 1 aliphatic heterocycles. The maximum Gasteiger partial charge on any atom is 0.0521 e. The maximum atomic E-state index is 5.94. The lowest BCUT2D eigenvalue weighted by atomic mass is 9.76. The molecule has 2 rings (SSSR count). The van der Waals surface area contributed by atoms with Crippen LogP contribution in [0.1, 0.15) is 25.3 Å². The highest BCUT2D eigenvalue weighted by molar-refractivity contribution is 5.08. The first kappa shape index (κ1) is 11.6. The number of nitrogens with two attached hydrogens (primary N) is 1. The summed E-state index contributed by atoms with van der Waals surface area (Å²) in [6.45, 7) is 5.47. The third-order valence-corrected chi connectivity index (χ3v) is 3.58. The Morgan fingerprint density at radius 2 is 2.25 bits per heavy atom. The van der Waals surface area contributed by atoms with Gasteiger partial charge in [-0.25, -0.2) is 0 Å². The van der Waals surface area contributed by atoms with Gasteiger partial charge in [-0.05, 0) is 43.7 Å². The summed E-state index contributed by atoms with van der Waals surface area (Å²) in [6, 6.07) is 0. The first-order valence-corrected chi connectivity index (χ1v) is 6.07. The average molecular weight is 223 g/mol. The first-order chi connectivity index (χ1) is 7.78. The van der Waals surface area contributed by atoms with Gasteiger partial charge in [0.25, 0.3) is 0 Å². The molecule has 0 aromatic carbocycles. The van der Waals surface area contributed by atoms with Crippen molar-refractivity contribution in [3.05, 3.63) is 18.0 Å². The Labute approximate surface area is 96.8 Å². The summed E-state index contributed by atoms with van der Waals surface area (Å²) in [5.41, 5.74) is 7.48. The topological polar surface area (TPSA) is 53.1 Å². The highest BCUT2D eigenvalue weighted by Crippen LogP contribution is 2.33. The lowest BCUT2D eigenvalue weighted by Crippen LogP contribution is -2.38. The number of hydrogen-bond acceptors (Lipinski definition) is 3. The van der Waals surface area contributed by atoms with Crippen LogP contribution in [0.25, 0.3) is 0 Å². The highest BCUT2D eigenvalue weighted by atomic mass is 16.5. The Kier molecular flexibility index (Phi) is 3.61. The van der Waals surface area contributed by atoms with Crippen molar-refractivity contribution >= 4 is 0 Å². The fraction of sp³-hybridized carbons (Fsp3) is 0.750. The summed E-state index contributed by atoms with van der Waals surface area (Å²) in [4.78, 5) is 0. The Balaban J connectivity index is 2.05. The molecule has 1 aliphatic rings. The van der Waals surface area contributed by atoms with Crippen molar-refractivity contribution in [2.75, 3.05) is 19.8 Å². The monoisotopic (exact) mass is 223 g/mol. The van der Waals surface area contributed by atoms with E-state index < -0.39 is 0 Å². The van der Waals surface area contributed by atoms with Gasteiger partial charge in [0.1, 0.15) is 0 Å². The van der Waals surface area contributed by atoms with Crippen molar-refractivity contribution in [2.24, 2.45) is 11.1 Å². The Morgan fingerprint density at radius 1 is 1.50 bits per heavy atom. The number of hydrogen-bond donors (Lipinski definition) is 1. The van der Waals surface area contributed by atoms with Crippen LogP contribution in [-0.2, 0) is 17.7 Å². The van der Waals surface area contributed by atoms with Crippen molar-refractivity contribution in [1.29, 1.82) is 0 Å². The van der Waals surface area contributed by atoms with Crippen molar-refractivity contribution in [2.45, 2.75) is 32.7 Å². The zero-order valence-electron chi connectivity index (χ0n) is 9.98. The van der Waals surface area contributed by atoms with Crippen LogP contribution in [0.2, 0.25) is 0 Å². The fourth-order valence-electron chi connectivity index (χ4n) is 2.36. The quantitative estimate of drug-likeness (QED) is 0.834. The third kappa shape index (κ3) is 2.44. The van der Waals surface area contributed by atoms with Crippen LogP contribution in [-0.4, -0.2) is 29.5 Å². The van der Waals surface area contributed by atoms with Gasteiger partial charge in [-0.1, -0.05) is 0 Å². The second kappa shape index (κ2) is 4.97. The van der Waals surface area contributed by atoms with Crippen LogP contribution >= 0.6 is 0 Å². The minimum Gasteiger partial charge on any atom is -0.381 e. The van der Waals surface area contributed by atoms with Gasteiger partial charge in [0, 0.05) is 26.0 Å². The van der Waals surface area contributed by atoms with E-state index in [1.807, 2.05) is 10.9 Å². The molecule has 16 heavy (non-hydrogen) atoms. The van der Waals surface area contributed by atoms with Gasteiger partial charge in [-0.3, -0.25) is 4.68 Å². The molecule has 1 aromatic heterocycles. The van der Waals surface area contributed by atoms with Crippen LogP contribution in [0.3, 0.4) is 0 Å². The zero-order chi connectivity index (χ0) is 11.4. The smallest absolute Gasteiger partial charge is 0.0521 e. The van der Waals surface area contributed by atoms with E-state index >= 15 is 0 Å². The molecule has 0 saturated carbocycles. The van der Waals surface area contributed by atoms with Crippen LogP contribution in [0.15, 0.2) is 12.4 Å². The van der Waals surface area contributed by atoms with Gasteiger partial charge >= 0.3 is 0 Å². The van der Waals surface area contributed by atoms with Gasteiger partial charge in [0.05, 0.1) is 6.20 Å². The number of aromatic nitrogens is 2. The molecule has 1 aromatic rings. The second-order valence-corrected chi connectivity index (χ2v) is 4.70. The molecule has 90 valence electrons. The minimum absolute atomic E-state index is 0.236. The van der Waals surface area contributed by atoms with Gasteiger partial charge in [0.2, 0.25) is 0 Å². The first-order valence-electron chi connectivity index (χ1n) is 6.07. The van der Waals surface area contributed by atoms with Crippen molar-refractivity contribution in [3.8, 4) is 0 Å². The summed E-state index contributed by atoms with van der Waals surface area (Å²) < 4.78 is 7.39. The standard InChI is InChI=1S/C12H21N3O/c1-2-15-9-11(8-14-15)7-12(10-13)3-5-16-6-4-12/h8-9H,2-7,10,13H2,1H3. The Hall–Kier alpha value is -0.870. The van der Waals surface area contributed by atoms with Gasteiger partial charge in [-0.2, -0.15) is 5.10 Å². The van der Waals surface area contributed by atoms with Crippen molar-refractivity contribution < 1.29 is 4.74 Å². The van der Waals surface area contributed by atoms with Crippen molar-refractivity contribution in [1.82, 2.24) is 9.78 Å². The number of nitrogens with zero attached hydrogens (tertiary/aromatic N) is 2. The molecule has 0 bridgehead atoms. The molecule has 0 amide bonds. The van der Waals surface area contributed by atoms with E-state index in [-0.39, 0.29) is 5.41 Å². The normalized spacial score (nSPS) is 19.9. The summed E-state index contributed by atoms with van der Waals surface area (Å²) >= 11 is 0. The van der Waals surface area contributed by atoms with Crippen LogP contribution < -0.4 is 5.73 Å². The molecule has 1 fully saturated rings. The van der Waals surface area contributed by atoms with E-state index in [2.05, 4.69) is 18.2 Å². The van der Waals surface area contributed by atoms with E-state index in [0.717, 1.165) is 45.6 Å². The minimum atomic E-state index is 0.236. The molecular formula is C12H21N3O. The average Bonchev–Trinajstić information content (AvgIpc) is 2.78. The molecule has 2 N–H and O–H groups in total. The molecule has 4 nitrogen and oxygen atoms in total. The molecule has 0 aliphatic carbocycles. The lowest BCUT2D eigenvalue weighted by molar-refractivity contribution is 0.0191. The van der Waals surface area contributed by atoms with E-state index in [0.29, 0.717) is 0 Å². The van der Waals surface area contributed by atoms with Crippen molar-refractivity contribution in [3.63, 3.8) is 0 Å². The maximum absolute atomic E-state index is 5.94. The Bertz CT molecular complexity index is 329. The number of rotatable bonds is 4. The largest absolute Gasteiger partial charge is 0.381 e. The van der Waals surface area contributed by atoms with E-state index in [9.17, 15) is 0 Å². The molecule has 1 saturated heterocycles. The third-order valence-electron chi connectivity index (χ3n) is 3.58. The summed E-state index contributed by atoms with van der Waals surface area (Å²) in [5, 5.41) is 4.31. The van der Waals surface area contributed by atoms with Crippen LogP contribution in [0, 0.1) is 5.41 Å². The fourth-order valence-corrected chi connectivity index (χ4v) is 2.36. The van der Waals surface area contributed by atoms with E-state index in [1.165, 1.54) is 5.56 Å². The van der Waals surface area contributed by atoms with Gasteiger partial charge < -0.3 is 10.5 Å². The predicted molar refractivity (Wildman–Crippen MR) is 63.1 cm³/mol. The van der Waals surface area contributed by atoms with Crippen LogP contribution in [0.5, 0.6) is 0 Å².